The molecule has 150 valence electrons. The number of carbonyl (C=O) groups is 1. The average molecular weight is 403 g/mol. The first-order valence-corrected chi connectivity index (χ1v) is 9.44. The Morgan fingerprint density at radius 3 is 2.57 bits per heavy atom. The summed E-state index contributed by atoms with van der Waals surface area (Å²) >= 11 is 0. The van der Waals surface area contributed by atoms with Gasteiger partial charge in [-0.2, -0.15) is 0 Å². The maximum Gasteiger partial charge on any atom is 0.258 e. The van der Waals surface area contributed by atoms with Crippen molar-refractivity contribution < 1.29 is 14.3 Å². The first-order valence-electron chi connectivity index (χ1n) is 9.44. The van der Waals surface area contributed by atoms with Crippen LogP contribution in [0.4, 0.5) is 0 Å². The molecule has 1 N–H and O–H groups in total. The molecule has 0 aromatic heterocycles. The van der Waals surface area contributed by atoms with Gasteiger partial charge in [0.2, 0.25) is 0 Å². The lowest BCUT2D eigenvalue weighted by molar-refractivity contribution is 0.0709. The topological polar surface area (TPSA) is 50.8 Å². The van der Waals surface area contributed by atoms with Gasteiger partial charge in [-0.1, -0.05) is 30.3 Å². The Balaban J connectivity index is 0.00000225. The number of para-hydroxylation sites is 1. The zero-order valence-corrected chi connectivity index (χ0v) is 17.3. The van der Waals surface area contributed by atoms with E-state index in [1.165, 1.54) is 11.1 Å². The third kappa shape index (κ3) is 3.33. The first kappa shape index (κ1) is 20.5. The summed E-state index contributed by atoms with van der Waals surface area (Å²) in [5.74, 6) is 2.01. The second-order valence-electron chi connectivity index (χ2n) is 7.38. The van der Waals surface area contributed by atoms with E-state index in [1.54, 1.807) is 14.2 Å². The number of halogens is 1. The minimum Gasteiger partial charge on any atom is -0.493 e. The molecule has 2 aliphatic heterocycles. The lowest BCUT2D eigenvalue weighted by Crippen LogP contribution is -2.35. The number of benzene rings is 2. The maximum absolute atomic E-state index is 13.6. The van der Waals surface area contributed by atoms with Gasteiger partial charge in [0, 0.05) is 25.6 Å². The number of hydrogen-bond acceptors (Lipinski definition) is 4. The summed E-state index contributed by atoms with van der Waals surface area (Å²) in [7, 11) is 3.17. The zero-order chi connectivity index (χ0) is 19.0. The number of amides is 1. The fraction of sp³-hybridized carbons (Fsp3) is 0.409. The van der Waals surface area contributed by atoms with E-state index in [0.29, 0.717) is 28.9 Å². The van der Waals surface area contributed by atoms with Crippen LogP contribution in [0, 0.1) is 18.8 Å². The number of aryl methyl sites for hydroxylation is 1. The minimum atomic E-state index is 0. The van der Waals surface area contributed by atoms with Crippen molar-refractivity contribution in [1.29, 1.82) is 0 Å². The number of nitrogens with zero attached hydrogens (tertiary/aromatic N) is 1. The van der Waals surface area contributed by atoms with Crippen LogP contribution in [0.2, 0.25) is 0 Å². The summed E-state index contributed by atoms with van der Waals surface area (Å²) in [6.45, 7) is 4.80. The van der Waals surface area contributed by atoms with Gasteiger partial charge in [0.15, 0.2) is 11.5 Å². The van der Waals surface area contributed by atoms with Gasteiger partial charge in [-0.25, -0.2) is 0 Å². The molecule has 5 nitrogen and oxygen atoms in total. The van der Waals surface area contributed by atoms with Gasteiger partial charge in [-0.3, -0.25) is 4.79 Å². The number of ether oxygens (including phenoxy) is 2. The third-order valence-electron chi connectivity index (χ3n) is 5.97. The Labute approximate surface area is 172 Å². The van der Waals surface area contributed by atoms with E-state index >= 15 is 0 Å². The van der Waals surface area contributed by atoms with E-state index in [0.717, 1.165) is 19.6 Å². The monoisotopic (exact) mass is 402 g/mol. The maximum atomic E-state index is 13.6. The van der Waals surface area contributed by atoms with Gasteiger partial charge >= 0.3 is 0 Å². The van der Waals surface area contributed by atoms with Crippen molar-refractivity contribution in [2.45, 2.75) is 13.0 Å². The number of carbonyl (C=O) groups excluding carboxylic acids is 1. The van der Waals surface area contributed by atoms with Crippen molar-refractivity contribution >= 4 is 18.3 Å². The molecule has 0 spiro atoms. The molecule has 2 saturated heterocycles. The van der Waals surface area contributed by atoms with Crippen molar-refractivity contribution in [3.8, 4) is 11.5 Å². The van der Waals surface area contributed by atoms with Crippen LogP contribution in [0.15, 0.2) is 42.5 Å². The fourth-order valence-corrected chi connectivity index (χ4v) is 4.66. The van der Waals surface area contributed by atoms with E-state index in [2.05, 4.69) is 36.5 Å². The number of likely N-dealkylation sites (tertiary alicyclic amines) is 1. The van der Waals surface area contributed by atoms with Crippen LogP contribution < -0.4 is 14.8 Å². The number of methoxy groups -OCH3 is 2. The molecule has 6 heteroatoms. The Bertz CT molecular complexity index is 857. The Hall–Kier alpha value is -2.24. The summed E-state index contributed by atoms with van der Waals surface area (Å²) < 4.78 is 10.9. The van der Waals surface area contributed by atoms with Gasteiger partial charge in [-0.15, -0.1) is 12.4 Å². The molecule has 1 amide bonds. The lowest BCUT2D eigenvalue weighted by atomic mass is 9.87. The van der Waals surface area contributed by atoms with Crippen molar-refractivity contribution in [1.82, 2.24) is 10.2 Å². The van der Waals surface area contributed by atoms with Crippen LogP contribution in [-0.2, 0) is 0 Å². The molecule has 2 heterocycles. The molecule has 0 saturated carbocycles. The van der Waals surface area contributed by atoms with Crippen LogP contribution in [0.25, 0.3) is 0 Å². The first-order chi connectivity index (χ1) is 13.2. The molecule has 28 heavy (non-hydrogen) atoms. The molecule has 0 unspecified atom stereocenters. The molecule has 2 aromatic carbocycles. The van der Waals surface area contributed by atoms with Crippen LogP contribution in [0.5, 0.6) is 11.5 Å². The van der Waals surface area contributed by atoms with Crippen LogP contribution in [0.3, 0.4) is 0 Å². The highest BCUT2D eigenvalue weighted by atomic mass is 35.5. The molecule has 2 fully saturated rings. The molecule has 0 radical (unpaired) electrons. The lowest BCUT2D eigenvalue weighted by Gasteiger charge is -2.30. The molecule has 2 aromatic rings. The van der Waals surface area contributed by atoms with Crippen LogP contribution in [0.1, 0.15) is 27.5 Å². The van der Waals surface area contributed by atoms with Crippen molar-refractivity contribution in [3.05, 3.63) is 59.2 Å². The predicted octanol–water partition coefficient (Wildman–Crippen LogP) is 3.47. The Kier molecular flexibility index (Phi) is 6.16. The highest BCUT2D eigenvalue weighted by molar-refractivity contribution is 5.98. The minimum absolute atomic E-state index is 0. The van der Waals surface area contributed by atoms with E-state index in [1.807, 2.05) is 23.1 Å². The Morgan fingerprint density at radius 2 is 1.86 bits per heavy atom. The highest BCUT2D eigenvalue weighted by Crippen LogP contribution is 2.45. The SMILES string of the molecule is COc1cccc(C(=O)N2C[C@@H]3CNC[C@@H]3[C@@H]2c2ccccc2C)c1OC.Cl. The smallest absolute Gasteiger partial charge is 0.258 e. The van der Waals surface area contributed by atoms with Gasteiger partial charge in [0.05, 0.1) is 25.8 Å². The normalized spacial score (nSPS) is 23.1. The predicted molar refractivity (Wildman–Crippen MR) is 112 cm³/mol. The fourth-order valence-electron chi connectivity index (χ4n) is 4.66. The molecular formula is C22H27ClN2O3. The van der Waals surface area contributed by atoms with Gasteiger partial charge in [0.1, 0.15) is 0 Å². The van der Waals surface area contributed by atoms with Crippen molar-refractivity contribution in [3.63, 3.8) is 0 Å². The third-order valence-corrected chi connectivity index (χ3v) is 5.97. The molecule has 0 aliphatic carbocycles. The molecule has 2 aliphatic rings. The zero-order valence-electron chi connectivity index (χ0n) is 16.5. The van der Waals surface area contributed by atoms with Crippen molar-refractivity contribution in [2.24, 2.45) is 11.8 Å². The van der Waals surface area contributed by atoms with Gasteiger partial charge in [0.25, 0.3) is 5.91 Å². The largest absolute Gasteiger partial charge is 0.493 e. The molecule has 4 rings (SSSR count). The Morgan fingerprint density at radius 1 is 1.07 bits per heavy atom. The van der Waals surface area contributed by atoms with Crippen LogP contribution >= 0.6 is 12.4 Å². The van der Waals surface area contributed by atoms with E-state index in [9.17, 15) is 4.79 Å². The second kappa shape index (κ2) is 8.41. The molecule has 0 bridgehead atoms. The molecule has 3 atom stereocenters. The average Bonchev–Trinajstić information content (AvgIpc) is 3.28. The second-order valence-corrected chi connectivity index (χ2v) is 7.38. The summed E-state index contributed by atoms with van der Waals surface area (Å²) in [6, 6.07) is 14.0. The number of hydrogen-bond donors (Lipinski definition) is 1. The highest BCUT2D eigenvalue weighted by Gasteiger charge is 2.47. The summed E-state index contributed by atoms with van der Waals surface area (Å²) in [5.41, 5.74) is 3.03. The van der Waals surface area contributed by atoms with E-state index in [4.69, 9.17) is 9.47 Å². The molecular weight excluding hydrogens is 376 g/mol. The quantitative estimate of drug-likeness (QED) is 0.850. The van der Waals surface area contributed by atoms with Crippen molar-refractivity contribution in [2.75, 3.05) is 33.9 Å². The van der Waals surface area contributed by atoms with Crippen LogP contribution in [-0.4, -0.2) is 44.7 Å². The van der Waals surface area contributed by atoms with Gasteiger partial charge in [-0.05, 0) is 36.1 Å². The number of rotatable bonds is 4. The van der Waals surface area contributed by atoms with Gasteiger partial charge < -0.3 is 19.7 Å². The summed E-state index contributed by atoms with van der Waals surface area (Å²) in [5, 5.41) is 3.50. The summed E-state index contributed by atoms with van der Waals surface area (Å²) in [4.78, 5) is 15.6. The number of fused-ring (bicyclic) bond motifs is 1. The van der Waals surface area contributed by atoms with E-state index in [-0.39, 0.29) is 24.4 Å². The summed E-state index contributed by atoms with van der Waals surface area (Å²) in [6.07, 6.45) is 0. The number of nitrogens with one attached hydrogen (secondary N) is 1. The van der Waals surface area contributed by atoms with E-state index < -0.39 is 0 Å². The standard InChI is InChI=1S/C22H26N2O3.ClH/c1-14-7-4-5-8-16(14)20-18-12-23-11-15(18)13-24(20)22(25)17-9-6-10-19(26-2)21(17)27-3;/h4-10,15,18,20,23H,11-13H2,1-3H3;1H/t15-,18-,20-;/m0./s1.